The third-order valence-corrected chi connectivity index (χ3v) is 6.20. The topological polar surface area (TPSA) is 29.5 Å². The molecule has 1 heterocycles. The lowest BCUT2D eigenvalue weighted by atomic mass is 9.82. The number of hydrogen-bond donors (Lipinski definition) is 1. The van der Waals surface area contributed by atoms with Gasteiger partial charge in [0.25, 0.3) is 0 Å². The predicted molar refractivity (Wildman–Crippen MR) is 66.5 cm³/mol. The van der Waals surface area contributed by atoms with E-state index in [0.717, 1.165) is 25.3 Å². The minimum Gasteiger partial charge on any atom is -0.414 e. The maximum Gasteiger partial charge on any atom is 0.190 e. The molecule has 0 aromatic carbocycles. The van der Waals surface area contributed by atoms with E-state index in [4.69, 9.17) is 4.43 Å². The van der Waals surface area contributed by atoms with Crippen molar-refractivity contribution in [3.05, 3.63) is 0 Å². The Morgan fingerprint density at radius 3 is 2.47 bits per heavy atom. The van der Waals surface area contributed by atoms with Gasteiger partial charge in [0.05, 0.1) is 11.7 Å². The standard InChI is InChI=1S/C12H26O2Si/c1-6-8-11-10(3)12(13,7-2)9-15(4,5)14-11/h10-11,13H,6-9H2,1-5H3/t10?,11-,12-/m0/s1. The minimum atomic E-state index is -1.64. The first kappa shape index (κ1) is 13.2. The van der Waals surface area contributed by atoms with Crippen LogP contribution in [0.2, 0.25) is 19.1 Å². The van der Waals surface area contributed by atoms with Gasteiger partial charge in [0, 0.05) is 5.92 Å². The van der Waals surface area contributed by atoms with Crippen LogP contribution < -0.4 is 0 Å². The zero-order valence-electron chi connectivity index (χ0n) is 10.8. The Kier molecular flexibility index (Phi) is 4.01. The lowest BCUT2D eigenvalue weighted by Gasteiger charge is -2.49. The van der Waals surface area contributed by atoms with E-state index < -0.39 is 13.9 Å². The molecule has 0 aromatic rings. The summed E-state index contributed by atoms with van der Waals surface area (Å²) in [5, 5.41) is 10.6. The largest absolute Gasteiger partial charge is 0.414 e. The van der Waals surface area contributed by atoms with Crippen molar-refractivity contribution in [1.29, 1.82) is 0 Å². The molecular formula is C12H26O2Si. The number of aliphatic hydroxyl groups is 1. The van der Waals surface area contributed by atoms with E-state index in [-0.39, 0.29) is 12.0 Å². The summed E-state index contributed by atoms with van der Waals surface area (Å²) in [6.07, 6.45) is 3.35. The highest BCUT2D eigenvalue weighted by atomic mass is 28.4. The van der Waals surface area contributed by atoms with Crippen molar-refractivity contribution in [3.63, 3.8) is 0 Å². The third-order valence-electron chi connectivity index (χ3n) is 3.79. The average Bonchev–Trinajstić information content (AvgIpc) is 2.13. The summed E-state index contributed by atoms with van der Waals surface area (Å²) in [6, 6.07) is 0.887. The Balaban J connectivity index is 2.83. The van der Waals surface area contributed by atoms with E-state index in [0.29, 0.717) is 0 Å². The van der Waals surface area contributed by atoms with Gasteiger partial charge in [-0.2, -0.15) is 0 Å². The normalized spacial score (nSPS) is 40.4. The molecule has 0 aliphatic carbocycles. The van der Waals surface area contributed by atoms with Gasteiger partial charge in [-0.25, -0.2) is 0 Å². The summed E-state index contributed by atoms with van der Waals surface area (Å²) < 4.78 is 6.20. The molecule has 1 fully saturated rings. The van der Waals surface area contributed by atoms with E-state index in [1.165, 1.54) is 0 Å². The van der Waals surface area contributed by atoms with Crippen LogP contribution in [0.25, 0.3) is 0 Å². The molecule has 0 amide bonds. The zero-order chi connectivity index (χ0) is 11.7. The SMILES string of the molecule is CCC[C@@H]1O[Si](C)(C)C[C@@](O)(CC)C1C. The molecule has 15 heavy (non-hydrogen) atoms. The quantitative estimate of drug-likeness (QED) is 0.755. The van der Waals surface area contributed by atoms with Crippen molar-refractivity contribution >= 4 is 8.32 Å². The van der Waals surface area contributed by atoms with Crippen molar-refractivity contribution in [1.82, 2.24) is 0 Å². The Hall–Kier alpha value is 0.137. The maximum atomic E-state index is 10.6. The van der Waals surface area contributed by atoms with Crippen LogP contribution >= 0.6 is 0 Å². The van der Waals surface area contributed by atoms with E-state index in [1.807, 2.05) is 0 Å². The summed E-state index contributed by atoms with van der Waals surface area (Å²) in [6.45, 7) is 10.9. The van der Waals surface area contributed by atoms with Crippen molar-refractivity contribution in [2.24, 2.45) is 5.92 Å². The van der Waals surface area contributed by atoms with E-state index in [2.05, 4.69) is 33.9 Å². The van der Waals surface area contributed by atoms with Gasteiger partial charge in [0.2, 0.25) is 0 Å². The van der Waals surface area contributed by atoms with E-state index in [9.17, 15) is 5.11 Å². The van der Waals surface area contributed by atoms with Gasteiger partial charge in [0.1, 0.15) is 0 Å². The van der Waals surface area contributed by atoms with Crippen LogP contribution in [0.1, 0.15) is 40.0 Å². The smallest absolute Gasteiger partial charge is 0.190 e. The Morgan fingerprint density at radius 1 is 1.40 bits per heavy atom. The van der Waals surface area contributed by atoms with Crippen molar-refractivity contribution in [2.45, 2.75) is 70.9 Å². The van der Waals surface area contributed by atoms with Gasteiger partial charge in [-0.3, -0.25) is 0 Å². The lowest BCUT2D eigenvalue weighted by Crippen LogP contribution is -2.57. The number of rotatable bonds is 3. The van der Waals surface area contributed by atoms with Gasteiger partial charge < -0.3 is 9.53 Å². The molecule has 1 saturated heterocycles. The average molecular weight is 230 g/mol. The second kappa shape index (κ2) is 4.56. The van der Waals surface area contributed by atoms with Crippen LogP contribution in [-0.4, -0.2) is 25.1 Å². The molecular weight excluding hydrogens is 204 g/mol. The first-order valence-electron chi connectivity index (χ1n) is 6.25. The molecule has 1 aliphatic rings. The van der Waals surface area contributed by atoms with Gasteiger partial charge >= 0.3 is 0 Å². The molecule has 90 valence electrons. The van der Waals surface area contributed by atoms with Crippen LogP contribution in [0.3, 0.4) is 0 Å². The maximum absolute atomic E-state index is 10.6. The second-order valence-electron chi connectivity index (χ2n) is 5.63. The predicted octanol–water partition coefficient (Wildman–Crippen LogP) is 3.17. The van der Waals surface area contributed by atoms with Crippen LogP contribution in [0.15, 0.2) is 0 Å². The van der Waals surface area contributed by atoms with Gasteiger partial charge in [0.15, 0.2) is 8.32 Å². The van der Waals surface area contributed by atoms with E-state index >= 15 is 0 Å². The molecule has 3 atom stereocenters. The fraction of sp³-hybridized carbons (Fsp3) is 1.00. The number of hydrogen-bond acceptors (Lipinski definition) is 2. The van der Waals surface area contributed by atoms with Crippen LogP contribution in [0.4, 0.5) is 0 Å². The van der Waals surface area contributed by atoms with Crippen LogP contribution in [0.5, 0.6) is 0 Å². The second-order valence-corrected chi connectivity index (χ2v) is 9.74. The zero-order valence-corrected chi connectivity index (χ0v) is 11.8. The molecule has 1 unspecified atom stereocenters. The Bertz CT molecular complexity index is 218. The highest BCUT2D eigenvalue weighted by Crippen LogP contribution is 2.41. The van der Waals surface area contributed by atoms with Gasteiger partial charge in [-0.05, 0) is 32.0 Å². The van der Waals surface area contributed by atoms with Crippen molar-refractivity contribution in [3.8, 4) is 0 Å². The Labute approximate surface area is 95.2 Å². The molecule has 1 rings (SSSR count). The van der Waals surface area contributed by atoms with Gasteiger partial charge in [-0.15, -0.1) is 0 Å². The highest BCUT2D eigenvalue weighted by Gasteiger charge is 2.48. The molecule has 0 spiro atoms. The summed E-state index contributed by atoms with van der Waals surface area (Å²) in [7, 11) is -1.64. The van der Waals surface area contributed by atoms with Crippen molar-refractivity contribution < 1.29 is 9.53 Å². The summed E-state index contributed by atoms with van der Waals surface area (Å²) >= 11 is 0. The molecule has 0 radical (unpaired) electrons. The fourth-order valence-corrected chi connectivity index (χ4v) is 6.11. The first-order chi connectivity index (χ1) is 6.84. The molecule has 0 aromatic heterocycles. The highest BCUT2D eigenvalue weighted by molar-refractivity contribution is 6.71. The van der Waals surface area contributed by atoms with Crippen molar-refractivity contribution in [2.75, 3.05) is 0 Å². The Morgan fingerprint density at radius 2 is 2.00 bits per heavy atom. The van der Waals surface area contributed by atoms with Gasteiger partial charge in [-0.1, -0.05) is 27.2 Å². The first-order valence-corrected chi connectivity index (χ1v) is 9.36. The third kappa shape index (κ3) is 2.83. The molecule has 1 aliphatic heterocycles. The molecule has 1 N–H and O–H groups in total. The lowest BCUT2D eigenvalue weighted by molar-refractivity contribution is -0.0747. The molecule has 3 heteroatoms. The molecule has 0 bridgehead atoms. The summed E-state index contributed by atoms with van der Waals surface area (Å²) in [4.78, 5) is 0. The van der Waals surface area contributed by atoms with E-state index in [1.54, 1.807) is 0 Å². The van der Waals surface area contributed by atoms with Crippen LogP contribution in [0, 0.1) is 5.92 Å². The molecule has 0 saturated carbocycles. The molecule has 2 nitrogen and oxygen atoms in total. The summed E-state index contributed by atoms with van der Waals surface area (Å²) in [5.41, 5.74) is -0.478. The fourth-order valence-electron chi connectivity index (χ4n) is 2.84. The monoisotopic (exact) mass is 230 g/mol. The van der Waals surface area contributed by atoms with Crippen LogP contribution in [-0.2, 0) is 4.43 Å². The summed E-state index contributed by atoms with van der Waals surface area (Å²) in [5.74, 6) is 0.281. The minimum absolute atomic E-state index is 0.273.